The summed E-state index contributed by atoms with van der Waals surface area (Å²) in [4.78, 5) is 4.76. The zero-order chi connectivity index (χ0) is 13.9. The molecule has 0 N–H and O–H groups in total. The maximum atomic E-state index is 5.27. The first-order valence-corrected chi connectivity index (χ1v) is 7.45. The largest absolute Gasteiger partial charge is 0.497 e. The standard InChI is InChI=1S/C17H17NOS/c1-13(19-2)16-8-3-4-9-17(16)20-15-7-5-6-14(12-15)18-10-11-18/h3-9,12H,1,10-11H2,2H3. The summed E-state index contributed by atoms with van der Waals surface area (Å²) in [6.45, 7) is 6.30. The fourth-order valence-corrected chi connectivity index (χ4v) is 3.09. The van der Waals surface area contributed by atoms with Crippen LogP contribution in [0.25, 0.3) is 5.76 Å². The van der Waals surface area contributed by atoms with Gasteiger partial charge in [-0.2, -0.15) is 0 Å². The van der Waals surface area contributed by atoms with Crippen LogP contribution in [-0.2, 0) is 4.74 Å². The SMILES string of the molecule is C=C(OC)c1ccccc1Sc1cccc(N2CC2)c1. The van der Waals surface area contributed by atoms with Gasteiger partial charge in [0.05, 0.1) is 7.11 Å². The van der Waals surface area contributed by atoms with Gasteiger partial charge in [-0.1, -0.05) is 42.6 Å². The maximum absolute atomic E-state index is 5.27. The number of rotatable bonds is 5. The van der Waals surface area contributed by atoms with Crippen molar-refractivity contribution in [2.24, 2.45) is 0 Å². The molecule has 1 heterocycles. The molecular formula is C17H17NOS. The van der Waals surface area contributed by atoms with E-state index in [0.717, 1.165) is 5.56 Å². The van der Waals surface area contributed by atoms with Crippen LogP contribution >= 0.6 is 11.8 Å². The Hall–Kier alpha value is -1.87. The number of hydrogen-bond donors (Lipinski definition) is 0. The van der Waals surface area contributed by atoms with Gasteiger partial charge in [0, 0.05) is 34.1 Å². The van der Waals surface area contributed by atoms with Crippen LogP contribution in [0.2, 0.25) is 0 Å². The Morgan fingerprint density at radius 3 is 2.70 bits per heavy atom. The van der Waals surface area contributed by atoms with Gasteiger partial charge in [-0.25, -0.2) is 0 Å². The number of benzene rings is 2. The molecule has 0 spiro atoms. The monoisotopic (exact) mass is 283 g/mol. The fraction of sp³-hybridized carbons (Fsp3) is 0.176. The van der Waals surface area contributed by atoms with E-state index < -0.39 is 0 Å². The smallest absolute Gasteiger partial charge is 0.120 e. The molecule has 0 bridgehead atoms. The van der Waals surface area contributed by atoms with E-state index in [1.165, 1.54) is 28.6 Å². The first-order valence-electron chi connectivity index (χ1n) is 6.63. The Bertz CT molecular complexity index is 634. The van der Waals surface area contributed by atoms with Crippen molar-refractivity contribution in [1.82, 2.24) is 0 Å². The third kappa shape index (κ3) is 2.83. The van der Waals surface area contributed by atoms with E-state index in [2.05, 4.69) is 41.8 Å². The third-order valence-corrected chi connectivity index (χ3v) is 4.36. The quantitative estimate of drug-likeness (QED) is 0.600. The van der Waals surface area contributed by atoms with Gasteiger partial charge in [-0.05, 0) is 24.3 Å². The molecule has 1 fully saturated rings. The van der Waals surface area contributed by atoms with Crippen molar-refractivity contribution in [2.75, 3.05) is 25.1 Å². The van der Waals surface area contributed by atoms with Crippen molar-refractivity contribution in [3.63, 3.8) is 0 Å². The molecule has 102 valence electrons. The van der Waals surface area contributed by atoms with E-state index in [1.54, 1.807) is 18.9 Å². The summed E-state index contributed by atoms with van der Waals surface area (Å²) >= 11 is 1.75. The van der Waals surface area contributed by atoms with Gasteiger partial charge < -0.3 is 9.64 Å². The van der Waals surface area contributed by atoms with E-state index in [0.29, 0.717) is 5.76 Å². The molecular weight excluding hydrogens is 266 g/mol. The maximum Gasteiger partial charge on any atom is 0.120 e. The van der Waals surface area contributed by atoms with Crippen molar-refractivity contribution in [2.45, 2.75) is 9.79 Å². The molecule has 2 nitrogen and oxygen atoms in total. The molecule has 3 rings (SSSR count). The molecule has 0 aliphatic carbocycles. The van der Waals surface area contributed by atoms with Crippen molar-refractivity contribution in [1.29, 1.82) is 0 Å². The lowest BCUT2D eigenvalue weighted by Gasteiger charge is -2.11. The predicted molar refractivity (Wildman–Crippen MR) is 85.3 cm³/mol. The molecule has 2 aromatic rings. The first-order chi connectivity index (χ1) is 9.78. The van der Waals surface area contributed by atoms with Crippen molar-refractivity contribution in [3.05, 3.63) is 60.7 Å². The van der Waals surface area contributed by atoms with Crippen molar-refractivity contribution in [3.8, 4) is 0 Å². The van der Waals surface area contributed by atoms with Gasteiger partial charge in [0.15, 0.2) is 0 Å². The Morgan fingerprint density at radius 1 is 1.15 bits per heavy atom. The molecule has 0 radical (unpaired) electrons. The summed E-state index contributed by atoms with van der Waals surface area (Å²) in [7, 11) is 1.66. The lowest BCUT2D eigenvalue weighted by molar-refractivity contribution is 0.370. The van der Waals surface area contributed by atoms with Crippen LogP contribution in [-0.4, -0.2) is 20.2 Å². The second-order valence-corrected chi connectivity index (χ2v) is 5.83. The highest BCUT2D eigenvalue weighted by Crippen LogP contribution is 2.35. The zero-order valence-corrected chi connectivity index (χ0v) is 12.3. The van der Waals surface area contributed by atoms with E-state index in [1.807, 2.05) is 18.2 Å². The molecule has 1 aliphatic rings. The second kappa shape index (κ2) is 5.63. The lowest BCUT2D eigenvalue weighted by atomic mass is 10.2. The summed E-state index contributed by atoms with van der Waals surface area (Å²) in [5.74, 6) is 0.704. The number of methoxy groups -OCH3 is 1. The Labute approximate surface area is 124 Å². The topological polar surface area (TPSA) is 12.2 Å². The summed E-state index contributed by atoms with van der Waals surface area (Å²) in [6.07, 6.45) is 0. The average molecular weight is 283 g/mol. The normalized spacial score (nSPS) is 13.2. The molecule has 0 unspecified atom stereocenters. The van der Waals surface area contributed by atoms with Crippen LogP contribution < -0.4 is 4.90 Å². The summed E-state index contributed by atoms with van der Waals surface area (Å²) in [5.41, 5.74) is 2.36. The number of anilines is 1. The molecule has 20 heavy (non-hydrogen) atoms. The van der Waals surface area contributed by atoms with Gasteiger partial charge in [0.2, 0.25) is 0 Å². The minimum absolute atomic E-state index is 0.704. The van der Waals surface area contributed by atoms with Crippen LogP contribution in [0.3, 0.4) is 0 Å². The highest BCUT2D eigenvalue weighted by Gasteiger charge is 2.18. The molecule has 0 aromatic heterocycles. The van der Waals surface area contributed by atoms with Crippen LogP contribution in [0, 0.1) is 0 Å². The fourth-order valence-electron chi connectivity index (χ4n) is 2.07. The third-order valence-electron chi connectivity index (χ3n) is 3.29. The van der Waals surface area contributed by atoms with Crippen molar-refractivity contribution >= 4 is 23.2 Å². The second-order valence-electron chi connectivity index (χ2n) is 4.71. The van der Waals surface area contributed by atoms with E-state index in [4.69, 9.17) is 4.74 Å². The summed E-state index contributed by atoms with van der Waals surface area (Å²) in [5, 5.41) is 0. The van der Waals surface area contributed by atoms with Crippen LogP contribution in [0.4, 0.5) is 5.69 Å². The highest BCUT2D eigenvalue weighted by atomic mass is 32.2. The van der Waals surface area contributed by atoms with E-state index in [-0.39, 0.29) is 0 Å². The van der Waals surface area contributed by atoms with E-state index >= 15 is 0 Å². The number of hydrogen-bond acceptors (Lipinski definition) is 3. The predicted octanol–water partition coefficient (Wildman–Crippen LogP) is 4.27. The van der Waals surface area contributed by atoms with Crippen LogP contribution in [0.1, 0.15) is 5.56 Å². The molecule has 2 aromatic carbocycles. The molecule has 0 saturated carbocycles. The molecule has 0 atom stereocenters. The number of ether oxygens (including phenoxy) is 1. The molecule has 1 saturated heterocycles. The minimum Gasteiger partial charge on any atom is -0.497 e. The Balaban J connectivity index is 1.87. The Morgan fingerprint density at radius 2 is 1.95 bits per heavy atom. The lowest BCUT2D eigenvalue weighted by Crippen LogP contribution is -1.91. The van der Waals surface area contributed by atoms with Crippen LogP contribution in [0.15, 0.2) is 64.9 Å². The number of nitrogens with zero attached hydrogens (tertiary/aromatic N) is 1. The minimum atomic E-state index is 0.704. The summed E-state index contributed by atoms with van der Waals surface area (Å²) in [6, 6.07) is 16.9. The van der Waals surface area contributed by atoms with Gasteiger partial charge in [-0.15, -0.1) is 0 Å². The van der Waals surface area contributed by atoms with Gasteiger partial charge in [-0.3, -0.25) is 0 Å². The van der Waals surface area contributed by atoms with Crippen LogP contribution in [0.5, 0.6) is 0 Å². The highest BCUT2D eigenvalue weighted by molar-refractivity contribution is 7.99. The average Bonchev–Trinajstić information content (AvgIpc) is 3.32. The summed E-state index contributed by atoms with van der Waals surface area (Å²) < 4.78 is 5.27. The molecule has 3 heteroatoms. The Kier molecular flexibility index (Phi) is 3.70. The molecule has 1 aliphatic heterocycles. The molecule has 0 amide bonds. The van der Waals surface area contributed by atoms with Crippen molar-refractivity contribution < 1.29 is 4.74 Å². The zero-order valence-electron chi connectivity index (χ0n) is 11.5. The van der Waals surface area contributed by atoms with Gasteiger partial charge in [0.1, 0.15) is 5.76 Å². The van der Waals surface area contributed by atoms with Gasteiger partial charge >= 0.3 is 0 Å². The van der Waals surface area contributed by atoms with E-state index in [9.17, 15) is 0 Å². The van der Waals surface area contributed by atoms with Gasteiger partial charge in [0.25, 0.3) is 0 Å². The first kappa shape index (κ1) is 13.1.